The second-order valence-corrected chi connectivity index (χ2v) is 4.31. The molecule has 2 aromatic heterocycles. The Labute approximate surface area is 111 Å². The number of nitrogens with one attached hydrogen (secondary N) is 1. The van der Waals surface area contributed by atoms with E-state index in [4.69, 9.17) is 11.6 Å². The third kappa shape index (κ3) is 2.29. The molecule has 0 aliphatic carbocycles. The van der Waals surface area contributed by atoms with Crippen molar-refractivity contribution in [2.45, 2.75) is 20.3 Å². The lowest BCUT2D eigenvalue weighted by atomic mass is 10.2. The van der Waals surface area contributed by atoms with Gasteiger partial charge in [-0.25, -0.2) is 9.97 Å². The minimum absolute atomic E-state index is 0.561. The quantitative estimate of drug-likeness (QED) is 0.923. The zero-order valence-corrected chi connectivity index (χ0v) is 11.4. The van der Waals surface area contributed by atoms with Gasteiger partial charge in [0.2, 0.25) is 0 Å². The Balaban J connectivity index is 2.62. The molecule has 4 nitrogen and oxygen atoms in total. The SMILES string of the molecule is CCc1nc(-c2ncccc2Cl)nc(NC)c1C. The lowest BCUT2D eigenvalue weighted by Crippen LogP contribution is -2.05. The van der Waals surface area contributed by atoms with Gasteiger partial charge in [0.25, 0.3) is 0 Å². The van der Waals surface area contributed by atoms with Crippen LogP contribution in [0.25, 0.3) is 11.5 Å². The number of anilines is 1. The number of hydrogen-bond acceptors (Lipinski definition) is 4. The van der Waals surface area contributed by atoms with E-state index in [1.54, 1.807) is 18.3 Å². The van der Waals surface area contributed by atoms with Crippen LogP contribution in [0.3, 0.4) is 0 Å². The molecule has 0 atom stereocenters. The maximum Gasteiger partial charge on any atom is 0.181 e. The summed E-state index contributed by atoms with van der Waals surface area (Å²) in [4.78, 5) is 13.2. The van der Waals surface area contributed by atoms with Gasteiger partial charge in [0.15, 0.2) is 5.82 Å². The van der Waals surface area contributed by atoms with E-state index in [0.717, 1.165) is 23.5 Å². The predicted molar refractivity (Wildman–Crippen MR) is 73.9 cm³/mol. The van der Waals surface area contributed by atoms with Crippen LogP contribution in [0.2, 0.25) is 5.02 Å². The third-order valence-electron chi connectivity index (χ3n) is 2.79. The Morgan fingerprint density at radius 1 is 1.33 bits per heavy atom. The van der Waals surface area contributed by atoms with Gasteiger partial charge in [0.05, 0.1) is 5.02 Å². The van der Waals surface area contributed by atoms with Crippen molar-refractivity contribution >= 4 is 17.4 Å². The van der Waals surface area contributed by atoms with Crippen LogP contribution in [0.15, 0.2) is 18.3 Å². The zero-order chi connectivity index (χ0) is 13.1. The fraction of sp³-hybridized carbons (Fsp3) is 0.308. The van der Waals surface area contributed by atoms with Crippen LogP contribution in [0, 0.1) is 6.92 Å². The van der Waals surface area contributed by atoms with Crippen molar-refractivity contribution in [1.29, 1.82) is 0 Å². The van der Waals surface area contributed by atoms with E-state index in [-0.39, 0.29) is 0 Å². The Hall–Kier alpha value is -1.68. The van der Waals surface area contributed by atoms with Crippen LogP contribution < -0.4 is 5.32 Å². The van der Waals surface area contributed by atoms with Crippen LogP contribution in [0.1, 0.15) is 18.2 Å². The van der Waals surface area contributed by atoms with E-state index in [9.17, 15) is 0 Å². The molecule has 0 aliphatic heterocycles. The molecule has 0 unspecified atom stereocenters. The summed E-state index contributed by atoms with van der Waals surface area (Å²) in [7, 11) is 1.85. The average molecular weight is 263 g/mol. The van der Waals surface area contributed by atoms with Crippen LogP contribution in [-0.2, 0) is 6.42 Å². The molecule has 2 rings (SSSR count). The summed E-state index contributed by atoms with van der Waals surface area (Å²) < 4.78 is 0. The Bertz CT molecular complexity index is 544. The number of nitrogens with zero attached hydrogens (tertiary/aromatic N) is 3. The van der Waals surface area contributed by atoms with Crippen molar-refractivity contribution in [3.05, 3.63) is 34.6 Å². The smallest absolute Gasteiger partial charge is 0.181 e. The molecule has 0 saturated carbocycles. The van der Waals surface area contributed by atoms with Gasteiger partial charge in [-0.2, -0.15) is 0 Å². The van der Waals surface area contributed by atoms with Crippen LogP contribution in [0.4, 0.5) is 5.82 Å². The molecule has 0 fully saturated rings. The molecule has 0 saturated heterocycles. The van der Waals surface area contributed by atoms with Gasteiger partial charge >= 0.3 is 0 Å². The van der Waals surface area contributed by atoms with Gasteiger partial charge in [0, 0.05) is 24.5 Å². The standard InChI is InChI=1S/C13H15ClN4/c1-4-10-8(2)12(15-3)18-13(17-10)11-9(14)6-5-7-16-11/h5-7H,4H2,1-3H3,(H,15,17,18). The molecule has 0 radical (unpaired) electrons. The molecular formula is C13H15ClN4. The minimum Gasteiger partial charge on any atom is -0.373 e. The lowest BCUT2D eigenvalue weighted by molar-refractivity contribution is 0.972. The highest BCUT2D eigenvalue weighted by Crippen LogP contribution is 2.25. The number of pyridine rings is 1. The van der Waals surface area contributed by atoms with E-state index in [1.807, 2.05) is 14.0 Å². The maximum absolute atomic E-state index is 6.13. The molecule has 2 aromatic rings. The Kier molecular flexibility index (Phi) is 3.77. The monoisotopic (exact) mass is 262 g/mol. The maximum atomic E-state index is 6.13. The number of aryl methyl sites for hydroxylation is 1. The summed E-state index contributed by atoms with van der Waals surface area (Å²) in [6, 6.07) is 3.58. The van der Waals surface area contributed by atoms with Crippen LogP contribution >= 0.6 is 11.6 Å². The predicted octanol–water partition coefficient (Wildman–Crippen LogP) is 3.10. The minimum atomic E-state index is 0.561. The third-order valence-corrected chi connectivity index (χ3v) is 3.09. The summed E-state index contributed by atoms with van der Waals surface area (Å²) in [5.41, 5.74) is 2.69. The average Bonchev–Trinajstić information content (AvgIpc) is 2.40. The number of hydrogen-bond donors (Lipinski definition) is 1. The van der Waals surface area contributed by atoms with Gasteiger partial charge in [0.1, 0.15) is 11.5 Å². The molecule has 0 spiro atoms. The fourth-order valence-electron chi connectivity index (χ4n) is 1.81. The second-order valence-electron chi connectivity index (χ2n) is 3.90. The zero-order valence-electron chi connectivity index (χ0n) is 10.7. The summed E-state index contributed by atoms with van der Waals surface area (Å²) in [6.07, 6.45) is 2.54. The molecular weight excluding hydrogens is 248 g/mol. The molecule has 94 valence electrons. The van der Waals surface area contributed by atoms with Crippen molar-refractivity contribution in [2.24, 2.45) is 0 Å². The molecule has 0 amide bonds. The Morgan fingerprint density at radius 3 is 2.72 bits per heavy atom. The number of aromatic nitrogens is 3. The molecule has 18 heavy (non-hydrogen) atoms. The van der Waals surface area contributed by atoms with Gasteiger partial charge < -0.3 is 5.32 Å². The number of halogens is 1. The van der Waals surface area contributed by atoms with E-state index in [2.05, 4.69) is 27.2 Å². The molecule has 0 aromatic carbocycles. The molecule has 5 heteroatoms. The van der Waals surface area contributed by atoms with Crippen molar-refractivity contribution < 1.29 is 0 Å². The highest BCUT2D eigenvalue weighted by molar-refractivity contribution is 6.32. The largest absolute Gasteiger partial charge is 0.373 e. The molecule has 2 heterocycles. The van der Waals surface area contributed by atoms with Crippen molar-refractivity contribution in [2.75, 3.05) is 12.4 Å². The van der Waals surface area contributed by atoms with Crippen LogP contribution in [-0.4, -0.2) is 22.0 Å². The Morgan fingerprint density at radius 2 is 2.11 bits per heavy atom. The number of rotatable bonds is 3. The van der Waals surface area contributed by atoms with Crippen molar-refractivity contribution in [3.63, 3.8) is 0 Å². The fourth-order valence-corrected chi connectivity index (χ4v) is 2.01. The molecule has 0 aliphatic rings. The molecule has 0 bridgehead atoms. The first-order valence-electron chi connectivity index (χ1n) is 5.83. The van der Waals surface area contributed by atoms with Crippen molar-refractivity contribution in [1.82, 2.24) is 15.0 Å². The van der Waals surface area contributed by atoms with Crippen molar-refractivity contribution in [3.8, 4) is 11.5 Å². The topological polar surface area (TPSA) is 50.7 Å². The normalized spacial score (nSPS) is 10.4. The van der Waals surface area contributed by atoms with E-state index < -0.39 is 0 Å². The van der Waals surface area contributed by atoms with Gasteiger partial charge in [-0.15, -0.1) is 0 Å². The lowest BCUT2D eigenvalue weighted by Gasteiger charge is -2.11. The van der Waals surface area contributed by atoms with Gasteiger partial charge in [-0.1, -0.05) is 18.5 Å². The summed E-state index contributed by atoms with van der Waals surface area (Å²) in [6.45, 7) is 4.08. The van der Waals surface area contributed by atoms with Crippen LogP contribution in [0.5, 0.6) is 0 Å². The highest BCUT2D eigenvalue weighted by Gasteiger charge is 2.13. The van der Waals surface area contributed by atoms with E-state index in [0.29, 0.717) is 16.5 Å². The first kappa shape index (κ1) is 12.8. The van der Waals surface area contributed by atoms with E-state index in [1.165, 1.54) is 0 Å². The first-order valence-corrected chi connectivity index (χ1v) is 6.21. The van der Waals surface area contributed by atoms with Gasteiger partial charge in [-0.3, -0.25) is 4.98 Å². The van der Waals surface area contributed by atoms with E-state index >= 15 is 0 Å². The van der Waals surface area contributed by atoms with Gasteiger partial charge in [-0.05, 0) is 25.5 Å². The molecule has 1 N–H and O–H groups in total. The summed E-state index contributed by atoms with van der Waals surface area (Å²) in [5, 5.41) is 3.64. The first-order chi connectivity index (χ1) is 8.67. The second kappa shape index (κ2) is 5.31. The summed E-state index contributed by atoms with van der Waals surface area (Å²) >= 11 is 6.13. The highest BCUT2D eigenvalue weighted by atomic mass is 35.5. The summed E-state index contributed by atoms with van der Waals surface area (Å²) in [5.74, 6) is 1.38.